The Balaban J connectivity index is 1.87. The first-order valence-corrected chi connectivity index (χ1v) is 12.7. The van der Waals surface area contributed by atoms with Gasteiger partial charge in [-0.1, -0.05) is 24.3 Å². The lowest BCUT2D eigenvalue weighted by Crippen LogP contribution is -2.47. The number of likely N-dealkylation sites (N-methyl/N-ethyl adjacent to an activating group) is 1. The third-order valence-corrected chi connectivity index (χ3v) is 7.86. The Kier molecular flexibility index (Phi) is 8.74. The fourth-order valence-electron chi connectivity index (χ4n) is 3.87. The molecule has 0 fully saturated rings. The molecule has 188 valence electrons. The number of aliphatic hydroxyl groups is 1. The molecule has 12 heteroatoms. The number of carbonyl (C=O) groups is 1. The van der Waals surface area contributed by atoms with Crippen molar-refractivity contribution in [3.8, 4) is 0 Å². The molecule has 1 aromatic carbocycles. The van der Waals surface area contributed by atoms with E-state index in [-0.39, 0.29) is 44.5 Å². The summed E-state index contributed by atoms with van der Waals surface area (Å²) < 4.78 is 49.1. The van der Waals surface area contributed by atoms with E-state index in [2.05, 4.69) is 10.3 Å². The number of amides is 1. The largest absolute Gasteiger partial charge is 0.394 e. The smallest absolute Gasteiger partial charge is 0.245 e. The summed E-state index contributed by atoms with van der Waals surface area (Å²) in [6.07, 6.45) is 1.94. The number of hydrogen-bond acceptors (Lipinski definition) is 7. The van der Waals surface area contributed by atoms with Crippen molar-refractivity contribution in [3.63, 3.8) is 0 Å². The van der Waals surface area contributed by atoms with Crippen LogP contribution in [0.15, 0.2) is 35.4 Å². The molecule has 1 aliphatic heterocycles. The highest BCUT2D eigenvalue weighted by Gasteiger charge is 2.32. The second-order valence-electron chi connectivity index (χ2n) is 8.70. The molecule has 0 unspecified atom stereocenters. The van der Waals surface area contributed by atoms with Gasteiger partial charge in [-0.15, -0.1) is 5.10 Å². The molecule has 10 nitrogen and oxygen atoms in total. The highest BCUT2D eigenvalue weighted by Crippen LogP contribution is 2.22. The van der Waals surface area contributed by atoms with E-state index in [1.807, 2.05) is 6.92 Å². The second kappa shape index (κ2) is 11.3. The summed E-state index contributed by atoms with van der Waals surface area (Å²) in [6, 6.07) is 4.80. The van der Waals surface area contributed by atoms with Crippen molar-refractivity contribution in [2.75, 3.05) is 26.7 Å². The molecule has 1 amide bonds. The van der Waals surface area contributed by atoms with Gasteiger partial charge in [0.15, 0.2) is 0 Å². The van der Waals surface area contributed by atoms with Gasteiger partial charge in [0, 0.05) is 39.0 Å². The molecule has 2 heterocycles. The molecule has 0 aliphatic carbocycles. The summed E-state index contributed by atoms with van der Waals surface area (Å²) in [5, 5.41) is 17.8. The van der Waals surface area contributed by atoms with Crippen LogP contribution in [0.25, 0.3) is 0 Å². The Morgan fingerprint density at radius 2 is 2.09 bits per heavy atom. The molecule has 34 heavy (non-hydrogen) atoms. The molecule has 0 saturated heterocycles. The lowest BCUT2D eigenvalue weighted by atomic mass is 10.0. The second-order valence-corrected chi connectivity index (χ2v) is 10.7. The maximum Gasteiger partial charge on any atom is 0.245 e. The summed E-state index contributed by atoms with van der Waals surface area (Å²) in [7, 11) is -2.74. The molecule has 1 aliphatic rings. The summed E-state index contributed by atoms with van der Waals surface area (Å²) >= 11 is 0. The third-order valence-electron chi connectivity index (χ3n) is 6.01. The zero-order valence-electron chi connectivity index (χ0n) is 19.7. The van der Waals surface area contributed by atoms with E-state index in [4.69, 9.17) is 4.74 Å². The van der Waals surface area contributed by atoms with Gasteiger partial charge in [0.1, 0.15) is 16.4 Å². The molecule has 1 aromatic heterocycles. The fourth-order valence-corrected chi connectivity index (χ4v) is 5.11. The number of rotatable bonds is 6. The van der Waals surface area contributed by atoms with Crippen LogP contribution in [0.3, 0.4) is 0 Å². The van der Waals surface area contributed by atoms with E-state index in [0.29, 0.717) is 18.7 Å². The number of aryl methyl sites for hydroxylation is 1. The summed E-state index contributed by atoms with van der Waals surface area (Å²) in [4.78, 5) is 14.1. The van der Waals surface area contributed by atoms with Crippen LogP contribution in [0.1, 0.15) is 32.4 Å². The Morgan fingerprint density at radius 3 is 2.79 bits per heavy atom. The van der Waals surface area contributed by atoms with Gasteiger partial charge < -0.3 is 14.7 Å². The Bertz CT molecular complexity index is 1080. The number of carbonyl (C=O) groups excluding carboxylic acids is 1. The number of aliphatic hydroxyl groups excluding tert-OH is 1. The first-order chi connectivity index (χ1) is 16.1. The molecule has 0 spiro atoms. The fraction of sp³-hybridized carbons (Fsp3) is 0.591. The first kappa shape index (κ1) is 26.2. The van der Waals surface area contributed by atoms with Crippen molar-refractivity contribution in [1.29, 1.82) is 0 Å². The average molecular weight is 498 g/mol. The molecule has 3 atom stereocenters. The van der Waals surface area contributed by atoms with E-state index in [9.17, 15) is 22.7 Å². The normalized spacial score (nSPS) is 21.6. The molecule has 0 radical (unpaired) electrons. The topological polar surface area (TPSA) is 118 Å². The number of hydrogen-bond donors (Lipinski definition) is 1. The lowest BCUT2D eigenvalue weighted by Gasteiger charge is -2.35. The molecule has 0 saturated carbocycles. The van der Waals surface area contributed by atoms with Gasteiger partial charge >= 0.3 is 0 Å². The van der Waals surface area contributed by atoms with Crippen molar-refractivity contribution in [1.82, 2.24) is 24.2 Å². The van der Waals surface area contributed by atoms with Crippen molar-refractivity contribution in [2.45, 2.75) is 56.9 Å². The molecule has 1 N–H and O–H groups in total. The zero-order chi connectivity index (χ0) is 24.9. The van der Waals surface area contributed by atoms with E-state index < -0.39 is 32.9 Å². The molecular formula is C22H32FN5O5S. The van der Waals surface area contributed by atoms with Crippen molar-refractivity contribution < 1.29 is 27.4 Å². The minimum absolute atomic E-state index is 0.0679. The first-order valence-electron chi connectivity index (χ1n) is 11.2. The van der Waals surface area contributed by atoms with Crippen molar-refractivity contribution in [2.24, 2.45) is 5.92 Å². The zero-order valence-corrected chi connectivity index (χ0v) is 20.5. The number of benzene rings is 1. The number of aromatic nitrogens is 3. The van der Waals surface area contributed by atoms with Gasteiger partial charge in [-0.3, -0.25) is 9.48 Å². The van der Waals surface area contributed by atoms with Crippen molar-refractivity contribution >= 4 is 15.9 Å². The molecule has 2 aromatic rings. The average Bonchev–Trinajstić information content (AvgIpc) is 3.26. The summed E-state index contributed by atoms with van der Waals surface area (Å²) in [6.45, 7) is 4.24. The van der Waals surface area contributed by atoms with E-state index >= 15 is 0 Å². The number of fused-ring (bicyclic) bond motifs is 2. The third kappa shape index (κ3) is 6.17. The predicted octanol–water partition coefficient (Wildman–Crippen LogP) is 1.26. The van der Waals surface area contributed by atoms with E-state index in [1.165, 1.54) is 25.2 Å². The minimum atomic E-state index is -4.11. The number of nitrogens with zero attached hydrogens (tertiary/aromatic N) is 5. The summed E-state index contributed by atoms with van der Waals surface area (Å²) in [5.41, 5.74) is 0.586. The molecule has 3 rings (SSSR count). The van der Waals surface area contributed by atoms with Gasteiger partial charge in [0.05, 0.1) is 31.6 Å². The maximum atomic E-state index is 14.2. The minimum Gasteiger partial charge on any atom is -0.394 e. The Labute approximate surface area is 199 Å². The number of sulfonamides is 1. The number of halogens is 1. The van der Waals surface area contributed by atoms with Crippen LogP contribution in [-0.4, -0.2) is 82.5 Å². The van der Waals surface area contributed by atoms with E-state index in [1.54, 1.807) is 22.7 Å². The van der Waals surface area contributed by atoms with Crippen LogP contribution < -0.4 is 0 Å². The van der Waals surface area contributed by atoms with Gasteiger partial charge in [0.25, 0.3) is 0 Å². The quantitative estimate of drug-likeness (QED) is 0.638. The van der Waals surface area contributed by atoms with Gasteiger partial charge in [0.2, 0.25) is 15.9 Å². The van der Waals surface area contributed by atoms with Gasteiger partial charge in [-0.25, -0.2) is 12.8 Å². The van der Waals surface area contributed by atoms with Crippen LogP contribution in [0.5, 0.6) is 0 Å². The Hall–Kier alpha value is -2.41. The predicted molar refractivity (Wildman–Crippen MR) is 121 cm³/mol. The van der Waals surface area contributed by atoms with Crippen LogP contribution in [0, 0.1) is 11.7 Å². The number of ether oxygens (including phenoxy) is 1. The van der Waals surface area contributed by atoms with Gasteiger partial charge in [-0.05, 0) is 25.5 Å². The molecule has 2 bridgehead atoms. The summed E-state index contributed by atoms with van der Waals surface area (Å²) in [5.74, 6) is -1.24. The lowest BCUT2D eigenvalue weighted by molar-refractivity contribution is -0.136. The highest BCUT2D eigenvalue weighted by atomic mass is 32.2. The van der Waals surface area contributed by atoms with E-state index in [0.717, 1.165) is 10.4 Å². The highest BCUT2D eigenvalue weighted by molar-refractivity contribution is 7.89. The maximum absolute atomic E-state index is 14.2. The Morgan fingerprint density at radius 1 is 1.35 bits per heavy atom. The standard InChI is InChI=1S/C22H32FN5O5S/c1-16-11-28(17(2)14-29)22(30)9-6-10-27-12-18(24-25-27)15-33-20(16)13-26(3)34(31,32)21-8-5-4-7-19(21)23/h4-5,7-8,12,16-17,20,29H,6,9-11,13-15H2,1-3H3/t16-,17-,20+/m1/s1. The van der Waals surface area contributed by atoms with Gasteiger partial charge in [-0.2, -0.15) is 4.31 Å². The van der Waals surface area contributed by atoms with Crippen molar-refractivity contribution in [3.05, 3.63) is 42.0 Å². The molecular weight excluding hydrogens is 465 g/mol. The van der Waals surface area contributed by atoms with Crippen LogP contribution in [0.2, 0.25) is 0 Å². The van der Waals surface area contributed by atoms with Crippen LogP contribution in [0.4, 0.5) is 4.39 Å². The van der Waals surface area contributed by atoms with Crippen LogP contribution in [-0.2, 0) is 32.7 Å². The monoisotopic (exact) mass is 497 g/mol. The van der Waals surface area contributed by atoms with Crippen LogP contribution >= 0.6 is 0 Å². The SMILES string of the molecule is C[C@@H]1CN([C@H](C)CO)C(=O)CCCn2cc(nn2)CO[C@H]1CN(C)S(=O)(=O)c1ccccc1F.